The maximum atomic E-state index is 11.5. The highest BCUT2D eigenvalue weighted by Crippen LogP contribution is 1.95. The first kappa shape index (κ1) is 13.3. The van der Waals surface area contributed by atoms with Crippen LogP contribution in [-0.4, -0.2) is 20.9 Å². The Morgan fingerprint density at radius 1 is 1.35 bits per heavy atom. The van der Waals surface area contributed by atoms with Gasteiger partial charge in [-0.15, -0.1) is 11.6 Å². The van der Waals surface area contributed by atoms with Crippen molar-refractivity contribution in [2.45, 2.75) is 6.42 Å². The lowest BCUT2D eigenvalue weighted by atomic mass is 10.5. The highest BCUT2D eigenvalue weighted by Gasteiger charge is 2.06. The fourth-order valence-corrected chi connectivity index (χ4v) is 1.31. The molecule has 0 aliphatic carbocycles. The molecule has 94 valence electrons. The second-order valence-electron chi connectivity index (χ2n) is 3.38. The molecule has 0 saturated carbocycles. The minimum Gasteiger partial charge on any atom is -0.283 e. The van der Waals surface area contributed by atoms with Crippen molar-refractivity contribution in [2.75, 3.05) is 11.3 Å². The van der Waals surface area contributed by atoms with Crippen LogP contribution in [-0.2, 0) is 18.9 Å². The molecule has 0 aliphatic rings. The van der Waals surface area contributed by atoms with Crippen molar-refractivity contribution in [3.8, 4) is 0 Å². The molecule has 7 nitrogen and oxygen atoms in total. The molecule has 0 unspecified atom stereocenters. The summed E-state index contributed by atoms with van der Waals surface area (Å²) >= 11 is 5.38. The fourth-order valence-electron chi connectivity index (χ4n) is 1.13. The summed E-state index contributed by atoms with van der Waals surface area (Å²) in [6.07, 6.45) is 0.146. The van der Waals surface area contributed by atoms with Crippen molar-refractivity contribution >= 4 is 23.3 Å². The van der Waals surface area contributed by atoms with Gasteiger partial charge in [0.05, 0.1) is 0 Å². The van der Waals surface area contributed by atoms with Crippen LogP contribution in [0.5, 0.6) is 0 Å². The Labute approximate surface area is 102 Å². The molecule has 0 atom stereocenters. The minimum atomic E-state index is -0.480. The van der Waals surface area contributed by atoms with E-state index in [0.29, 0.717) is 0 Å². The van der Waals surface area contributed by atoms with Gasteiger partial charge in [-0.3, -0.25) is 29.6 Å². The van der Waals surface area contributed by atoms with Crippen LogP contribution in [0.15, 0.2) is 15.7 Å². The van der Waals surface area contributed by atoms with Crippen LogP contribution >= 0.6 is 11.6 Å². The Bertz CT molecular complexity index is 534. The van der Waals surface area contributed by atoms with Crippen molar-refractivity contribution in [1.29, 1.82) is 0 Å². The van der Waals surface area contributed by atoms with Gasteiger partial charge in [0.1, 0.15) is 5.82 Å². The summed E-state index contributed by atoms with van der Waals surface area (Å²) in [4.78, 5) is 34.0. The molecular weight excluding hydrogens is 248 g/mol. The van der Waals surface area contributed by atoms with E-state index < -0.39 is 11.2 Å². The summed E-state index contributed by atoms with van der Waals surface area (Å²) in [6, 6.07) is 1.21. The van der Waals surface area contributed by atoms with E-state index >= 15 is 0 Å². The lowest BCUT2D eigenvalue weighted by Crippen LogP contribution is -2.40. The van der Waals surface area contributed by atoms with Gasteiger partial charge < -0.3 is 0 Å². The Morgan fingerprint density at radius 3 is 2.59 bits per heavy atom. The van der Waals surface area contributed by atoms with Gasteiger partial charge in [0.15, 0.2) is 0 Å². The molecule has 0 fully saturated rings. The molecule has 0 aliphatic heterocycles. The van der Waals surface area contributed by atoms with Crippen LogP contribution in [0.2, 0.25) is 0 Å². The number of alkyl halides is 1. The largest absolute Gasteiger partial charge is 0.332 e. The van der Waals surface area contributed by atoms with Crippen LogP contribution in [0.1, 0.15) is 6.42 Å². The Hall–Kier alpha value is -1.76. The Kier molecular flexibility index (Phi) is 4.33. The van der Waals surface area contributed by atoms with Crippen molar-refractivity contribution in [3.63, 3.8) is 0 Å². The predicted molar refractivity (Wildman–Crippen MR) is 64.0 cm³/mol. The number of halogens is 1. The number of rotatable bonds is 4. The zero-order valence-corrected chi connectivity index (χ0v) is 10.2. The Balaban J connectivity index is 2.90. The molecule has 1 amide bonds. The zero-order valence-electron chi connectivity index (χ0n) is 9.49. The quantitative estimate of drug-likeness (QED) is 0.546. The standard InChI is InChI=1S/C9H13ClN4O3/c1-13-6(11-12-7(15)3-4-10)5-8(16)14(2)9(13)17/h5,11H,3-4H2,1-2H3,(H,12,15). The third-order valence-electron chi connectivity index (χ3n) is 2.18. The second-order valence-corrected chi connectivity index (χ2v) is 3.76. The number of hydrogen-bond acceptors (Lipinski definition) is 4. The van der Waals surface area contributed by atoms with Gasteiger partial charge in [-0.2, -0.15) is 0 Å². The van der Waals surface area contributed by atoms with E-state index in [1.54, 1.807) is 0 Å². The molecule has 1 aromatic heterocycles. The first-order valence-corrected chi connectivity index (χ1v) is 5.38. The van der Waals surface area contributed by atoms with E-state index in [9.17, 15) is 14.4 Å². The SMILES string of the molecule is Cn1c(NNC(=O)CCCl)cc(=O)n(C)c1=O. The van der Waals surface area contributed by atoms with E-state index in [0.717, 1.165) is 4.57 Å². The average molecular weight is 261 g/mol. The van der Waals surface area contributed by atoms with E-state index in [2.05, 4.69) is 10.9 Å². The minimum absolute atomic E-state index is 0.146. The highest BCUT2D eigenvalue weighted by molar-refractivity contribution is 6.18. The van der Waals surface area contributed by atoms with Gasteiger partial charge in [0, 0.05) is 32.5 Å². The molecule has 0 radical (unpaired) electrons. The maximum absolute atomic E-state index is 11.5. The van der Waals surface area contributed by atoms with Gasteiger partial charge in [-0.25, -0.2) is 4.79 Å². The van der Waals surface area contributed by atoms with E-state index in [4.69, 9.17) is 11.6 Å². The number of amides is 1. The van der Waals surface area contributed by atoms with Crippen LogP contribution in [0.4, 0.5) is 5.82 Å². The summed E-state index contributed by atoms with van der Waals surface area (Å²) in [5.41, 5.74) is 3.89. The lowest BCUT2D eigenvalue weighted by molar-refractivity contribution is -0.120. The third-order valence-corrected chi connectivity index (χ3v) is 2.37. The molecule has 0 bridgehead atoms. The van der Waals surface area contributed by atoms with Crippen LogP contribution in [0.3, 0.4) is 0 Å². The average Bonchev–Trinajstić information content (AvgIpc) is 2.30. The monoisotopic (exact) mass is 260 g/mol. The molecule has 1 heterocycles. The third kappa shape index (κ3) is 3.10. The van der Waals surface area contributed by atoms with Crippen LogP contribution in [0.25, 0.3) is 0 Å². The van der Waals surface area contributed by atoms with E-state index in [1.165, 1.54) is 24.7 Å². The van der Waals surface area contributed by atoms with Crippen molar-refractivity contribution in [3.05, 3.63) is 26.9 Å². The van der Waals surface area contributed by atoms with Gasteiger partial charge in [0.25, 0.3) is 5.56 Å². The first-order chi connectivity index (χ1) is 7.97. The molecule has 0 aromatic carbocycles. The molecule has 1 rings (SSSR count). The zero-order chi connectivity index (χ0) is 13.0. The molecular formula is C9H13ClN4O3. The molecule has 1 aromatic rings. The smallest absolute Gasteiger partial charge is 0.283 e. The van der Waals surface area contributed by atoms with Gasteiger partial charge >= 0.3 is 5.69 Å². The number of carbonyl (C=O) groups excluding carboxylic acids is 1. The number of hydrogen-bond donors (Lipinski definition) is 2. The fraction of sp³-hybridized carbons (Fsp3) is 0.444. The number of anilines is 1. The summed E-state index contributed by atoms with van der Waals surface area (Å²) in [6.45, 7) is 0. The number of hydrazine groups is 1. The number of nitrogens with one attached hydrogen (secondary N) is 2. The molecule has 0 spiro atoms. The lowest BCUT2D eigenvalue weighted by Gasteiger charge is -2.12. The molecule has 0 saturated heterocycles. The van der Waals surface area contributed by atoms with Gasteiger partial charge in [0.2, 0.25) is 5.91 Å². The molecule has 2 N–H and O–H groups in total. The summed E-state index contributed by atoms with van der Waals surface area (Å²) < 4.78 is 2.17. The van der Waals surface area contributed by atoms with Crippen molar-refractivity contribution in [2.24, 2.45) is 14.1 Å². The van der Waals surface area contributed by atoms with Crippen molar-refractivity contribution in [1.82, 2.24) is 14.6 Å². The molecule has 8 heteroatoms. The normalized spacial score (nSPS) is 10.1. The first-order valence-electron chi connectivity index (χ1n) is 4.85. The maximum Gasteiger partial charge on any atom is 0.332 e. The van der Waals surface area contributed by atoms with Gasteiger partial charge in [-0.05, 0) is 0 Å². The van der Waals surface area contributed by atoms with E-state index in [1.807, 2.05) is 0 Å². The van der Waals surface area contributed by atoms with E-state index in [-0.39, 0.29) is 24.0 Å². The highest BCUT2D eigenvalue weighted by atomic mass is 35.5. The van der Waals surface area contributed by atoms with Crippen LogP contribution in [0, 0.1) is 0 Å². The van der Waals surface area contributed by atoms with Crippen molar-refractivity contribution < 1.29 is 4.79 Å². The molecule has 17 heavy (non-hydrogen) atoms. The summed E-state index contributed by atoms with van der Waals surface area (Å²) in [5.74, 6) is 0.0809. The second kappa shape index (κ2) is 5.53. The Morgan fingerprint density at radius 2 is 2.00 bits per heavy atom. The van der Waals surface area contributed by atoms with Crippen LogP contribution < -0.4 is 22.1 Å². The number of nitrogens with zero attached hydrogens (tertiary/aromatic N) is 2. The van der Waals surface area contributed by atoms with Gasteiger partial charge in [-0.1, -0.05) is 0 Å². The summed E-state index contributed by atoms with van der Waals surface area (Å²) in [5, 5.41) is 0. The topological polar surface area (TPSA) is 85.1 Å². The number of carbonyl (C=O) groups is 1. The summed E-state index contributed by atoms with van der Waals surface area (Å²) in [7, 11) is 2.86. The predicted octanol–water partition coefficient (Wildman–Crippen LogP) is -0.844. The number of aromatic nitrogens is 2.